The highest BCUT2D eigenvalue weighted by Gasteiger charge is 2.17. The van der Waals surface area contributed by atoms with Crippen molar-refractivity contribution < 1.29 is 9.53 Å². The number of anilines is 1. The van der Waals surface area contributed by atoms with E-state index in [9.17, 15) is 4.79 Å². The van der Waals surface area contributed by atoms with E-state index in [1.165, 1.54) is 0 Å². The first-order chi connectivity index (χ1) is 8.79. The number of hydrogen-bond acceptors (Lipinski definition) is 3. The van der Waals surface area contributed by atoms with E-state index in [0.717, 1.165) is 37.4 Å². The number of hydrogen-bond donors (Lipinski definition) is 1. The number of nitrogens with zero attached hydrogens (tertiary/aromatic N) is 1. The molecule has 0 aliphatic carbocycles. The number of nitrogens with one attached hydrogen (secondary N) is 1. The molecule has 1 N–H and O–H groups in total. The van der Waals surface area contributed by atoms with Crippen LogP contribution in [0.1, 0.15) is 19.8 Å². The second kappa shape index (κ2) is 6.28. The lowest BCUT2D eigenvalue weighted by atomic mass is 10.3. The molecule has 4 nitrogen and oxygen atoms in total. The highest BCUT2D eigenvalue weighted by molar-refractivity contribution is 5.81. The van der Waals surface area contributed by atoms with Gasteiger partial charge in [0.15, 0.2) is 0 Å². The van der Waals surface area contributed by atoms with Crippen molar-refractivity contribution in [3.63, 3.8) is 0 Å². The van der Waals surface area contributed by atoms with Gasteiger partial charge in [-0.3, -0.25) is 4.79 Å². The van der Waals surface area contributed by atoms with Crippen LogP contribution in [0.5, 0.6) is 5.75 Å². The summed E-state index contributed by atoms with van der Waals surface area (Å²) in [5, 5.41) is 3.15. The Kier molecular flexibility index (Phi) is 4.45. The third-order valence-electron chi connectivity index (χ3n) is 3.05. The topological polar surface area (TPSA) is 41.6 Å². The molecular weight excluding hydrogens is 228 g/mol. The van der Waals surface area contributed by atoms with Gasteiger partial charge in [0.2, 0.25) is 5.91 Å². The minimum absolute atomic E-state index is 0.175. The normalized spacial score (nSPS) is 14.6. The van der Waals surface area contributed by atoms with Gasteiger partial charge in [-0.25, -0.2) is 0 Å². The summed E-state index contributed by atoms with van der Waals surface area (Å²) in [6.45, 7) is 4.77. The molecule has 2 rings (SSSR count). The summed E-state index contributed by atoms with van der Waals surface area (Å²) < 4.78 is 5.42. The lowest BCUT2D eigenvalue weighted by Gasteiger charge is -2.16. The van der Waals surface area contributed by atoms with E-state index in [4.69, 9.17) is 4.74 Å². The van der Waals surface area contributed by atoms with Crippen molar-refractivity contribution in [1.29, 1.82) is 0 Å². The first-order valence-corrected chi connectivity index (χ1v) is 6.54. The van der Waals surface area contributed by atoms with Gasteiger partial charge in [-0.1, -0.05) is 6.07 Å². The smallest absolute Gasteiger partial charge is 0.241 e. The van der Waals surface area contributed by atoms with Crippen LogP contribution in [-0.2, 0) is 4.79 Å². The number of carbonyl (C=O) groups excluding carboxylic acids is 1. The Bertz CT molecular complexity index is 401. The lowest BCUT2D eigenvalue weighted by Crippen LogP contribution is -2.32. The van der Waals surface area contributed by atoms with Gasteiger partial charge in [0, 0.05) is 24.8 Å². The molecule has 1 fully saturated rings. The maximum Gasteiger partial charge on any atom is 0.241 e. The Labute approximate surface area is 108 Å². The van der Waals surface area contributed by atoms with Crippen LogP contribution in [0.3, 0.4) is 0 Å². The zero-order valence-electron chi connectivity index (χ0n) is 10.8. The Morgan fingerprint density at radius 2 is 2.17 bits per heavy atom. The predicted octanol–water partition coefficient (Wildman–Crippen LogP) is 2.12. The molecular formula is C14H20N2O2. The highest BCUT2D eigenvalue weighted by atomic mass is 16.5. The summed E-state index contributed by atoms with van der Waals surface area (Å²) in [6, 6.07) is 7.70. The molecule has 1 heterocycles. The number of amides is 1. The molecule has 0 radical (unpaired) electrons. The predicted molar refractivity (Wildman–Crippen MR) is 71.9 cm³/mol. The monoisotopic (exact) mass is 248 g/mol. The van der Waals surface area contributed by atoms with Gasteiger partial charge in [-0.05, 0) is 31.9 Å². The zero-order valence-corrected chi connectivity index (χ0v) is 10.8. The van der Waals surface area contributed by atoms with Crippen LogP contribution in [0.4, 0.5) is 5.69 Å². The molecule has 1 aromatic rings. The molecule has 18 heavy (non-hydrogen) atoms. The largest absolute Gasteiger partial charge is 0.494 e. The van der Waals surface area contributed by atoms with E-state index in [2.05, 4.69) is 5.32 Å². The van der Waals surface area contributed by atoms with Gasteiger partial charge in [-0.15, -0.1) is 0 Å². The maximum absolute atomic E-state index is 11.9. The fourth-order valence-electron chi connectivity index (χ4n) is 2.12. The summed E-state index contributed by atoms with van der Waals surface area (Å²) in [7, 11) is 0. The van der Waals surface area contributed by atoms with Crippen molar-refractivity contribution >= 4 is 11.6 Å². The third kappa shape index (κ3) is 3.39. The summed E-state index contributed by atoms with van der Waals surface area (Å²) in [5.74, 6) is 1.01. The van der Waals surface area contributed by atoms with E-state index in [-0.39, 0.29) is 5.91 Å². The second-order valence-corrected chi connectivity index (χ2v) is 4.40. The molecule has 98 valence electrons. The molecule has 1 aromatic carbocycles. The summed E-state index contributed by atoms with van der Waals surface area (Å²) in [4.78, 5) is 13.8. The van der Waals surface area contributed by atoms with Gasteiger partial charge >= 0.3 is 0 Å². The lowest BCUT2D eigenvalue weighted by molar-refractivity contribution is -0.128. The fraction of sp³-hybridized carbons (Fsp3) is 0.500. The van der Waals surface area contributed by atoms with Gasteiger partial charge in [0.1, 0.15) is 5.75 Å². The van der Waals surface area contributed by atoms with Crippen LogP contribution in [0.15, 0.2) is 24.3 Å². The van der Waals surface area contributed by atoms with Gasteiger partial charge < -0.3 is 15.0 Å². The minimum atomic E-state index is 0.175. The van der Waals surface area contributed by atoms with Crippen LogP contribution < -0.4 is 10.1 Å². The quantitative estimate of drug-likeness (QED) is 0.867. The Hall–Kier alpha value is -1.71. The Morgan fingerprint density at radius 3 is 2.89 bits per heavy atom. The first-order valence-electron chi connectivity index (χ1n) is 6.54. The van der Waals surface area contributed by atoms with Crippen LogP contribution in [0.25, 0.3) is 0 Å². The van der Waals surface area contributed by atoms with E-state index >= 15 is 0 Å². The number of rotatable bonds is 5. The van der Waals surface area contributed by atoms with Crippen molar-refractivity contribution in [2.24, 2.45) is 0 Å². The van der Waals surface area contributed by atoms with E-state index in [1.807, 2.05) is 36.1 Å². The first kappa shape index (κ1) is 12.7. The van der Waals surface area contributed by atoms with E-state index in [1.54, 1.807) is 0 Å². The summed E-state index contributed by atoms with van der Waals surface area (Å²) in [5.41, 5.74) is 0.925. The standard InChI is InChI=1S/C14H20N2O2/c1-2-18-13-7-5-6-12(10-13)15-11-14(17)16-8-3-4-9-16/h5-7,10,15H,2-4,8-9,11H2,1H3. The van der Waals surface area contributed by atoms with Crippen molar-refractivity contribution in [3.8, 4) is 5.75 Å². The average Bonchev–Trinajstić information content (AvgIpc) is 2.91. The third-order valence-corrected chi connectivity index (χ3v) is 3.05. The number of benzene rings is 1. The number of likely N-dealkylation sites (tertiary alicyclic amines) is 1. The molecule has 1 aliphatic heterocycles. The molecule has 0 spiro atoms. The molecule has 0 saturated carbocycles. The second-order valence-electron chi connectivity index (χ2n) is 4.40. The van der Waals surface area contributed by atoms with Gasteiger partial charge in [0.05, 0.1) is 13.2 Å². The highest BCUT2D eigenvalue weighted by Crippen LogP contribution is 2.17. The van der Waals surface area contributed by atoms with Gasteiger partial charge in [0.25, 0.3) is 0 Å². The van der Waals surface area contributed by atoms with Crippen LogP contribution >= 0.6 is 0 Å². The Morgan fingerprint density at radius 1 is 1.39 bits per heavy atom. The molecule has 1 saturated heterocycles. The van der Waals surface area contributed by atoms with E-state index < -0.39 is 0 Å². The van der Waals surface area contributed by atoms with E-state index in [0.29, 0.717) is 13.2 Å². The molecule has 0 unspecified atom stereocenters. The number of ether oxygens (including phenoxy) is 1. The zero-order chi connectivity index (χ0) is 12.8. The van der Waals surface area contributed by atoms with Crippen LogP contribution in [0.2, 0.25) is 0 Å². The number of carbonyl (C=O) groups is 1. The summed E-state index contributed by atoms with van der Waals surface area (Å²) >= 11 is 0. The Balaban J connectivity index is 1.85. The minimum Gasteiger partial charge on any atom is -0.494 e. The van der Waals surface area contributed by atoms with Crippen LogP contribution in [-0.4, -0.2) is 37.0 Å². The molecule has 1 amide bonds. The molecule has 0 atom stereocenters. The SMILES string of the molecule is CCOc1cccc(NCC(=O)N2CCCC2)c1. The molecule has 0 bridgehead atoms. The molecule has 0 aromatic heterocycles. The van der Waals surface area contributed by atoms with Crippen molar-refractivity contribution in [2.75, 3.05) is 31.6 Å². The van der Waals surface area contributed by atoms with Crippen molar-refractivity contribution in [3.05, 3.63) is 24.3 Å². The molecule has 1 aliphatic rings. The molecule has 4 heteroatoms. The van der Waals surface area contributed by atoms with Gasteiger partial charge in [-0.2, -0.15) is 0 Å². The fourth-order valence-corrected chi connectivity index (χ4v) is 2.12. The van der Waals surface area contributed by atoms with Crippen molar-refractivity contribution in [1.82, 2.24) is 4.90 Å². The van der Waals surface area contributed by atoms with Crippen LogP contribution in [0, 0.1) is 0 Å². The van der Waals surface area contributed by atoms with Crippen molar-refractivity contribution in [2.45, 2.75) is 19.8 Å². The summed E-state index contributed by atoms with van der Waals surface area (Å²) in [6.07, 6.45) is 2.26. The maximum atomic E-state index is 11.9. The average molecular weight is 248 g/mol.